The number of carbonyl (C=O) groups is 2. The van der Waals surface area contributed by atoms with Crippen LogP contribution < -0.4 is 15.4 Å². The van der Waals surface area contributed by atoms with Gasteiger partial charge in [0.05, 0.1) is 11.4 Å². The first kappa shape index (κ1) is 22.4. The van der Waals surface area contributed by atoms with Crippen LogP contribution in [0.3, 0.4) is 0 Å². The van der Waals surface area contributed by atoms with E-state index in [1.54, 1.807) is 6.92 Å². The van der Waals surface area contributed by atoms with Gasteiger partial charge in [-0.3, -0.25) is 14.3 Å². The quantitative estimate of drug-likeness (QED) is 0.667. The van der Waals surface area contributed by atoms with Crippen LogP contribution in [0.4, 0.5) is 10.1 Å². The van der Waals surface area contributed by atoms with Crippen molar-refractivity contribution < 1.29 is 22.4 Å². The highest BCUT2D eigenvalue weighted by molar-refractivity contribution is 7.92. The normalized spacial score (nSPS) is 11.6. The van der Waals surface area contributed by atoms with Crippen molar-refractivity contribution in [3.05, 3.63) is 59.4 Å². The predicted octanol–water partition coefficient (Wildman–Crippen LogP) is 2.58. The maximum atomic E-state index is 13.0. The topological polar surface area (TPSA) is 104 Å². The summed E-state index contributed by atoms with van der Waals surface area (Å²) in [7, 11) is -3.99. The first-order valence-corrected chi connectivity index (χ1v) is 10.3. The van der Waals surface area contributed by atoms with Crippen molar-refractivity contribution in [2.45, 2.75) is 38.1 Å². The van der Waals surface area contributed by atoms with Crippen molar-refractivity contribution in [2.75, 3.05) is 11.3 Å². The molecule has 0 saturated carbocycles. The Labute approximate surface area is 169 Å². The van der Waals surface area contributed by atoms with E-state index in [2.05, 4.69) is 15.4 Å². The molecule has 0 spiro atoms. The van der Waals surface area contributed by atoms with Crippen LogP contribution >= 0.6 is 0 Å². The summed E-state index contributed by atoms with van der Waals surface area (Å²) in [5.41, 5.74) is 0.449. The fourth-order valence-corrected chi connectivity index (χ4v) is 3.55. The molecule has 156 valence electrons. The van der Waals surface area contributed by atoms with E-state index in [9.17, 15) is 22.4 Å². The summed E-state index contributed by atoms with van der Waals surface area (Å²) in [6.07, 6.45) is 0. The molecule has 0 bridgehead atoms. The number of carbonyl (C=O) groups excluding carboxylic acids is 2. The van der Waals surface area contributed by atoms with Crippen LogP contribution in [0, 0.1) is 12.7 Å². The van der Waals surface area contributed by atoms with Crippen molar-refractivity contribution in [3.63, 3.8) is 0 Å². The maximum Gasteiger partial charge on any atom is 0.261 e. The van der Waals surface area contributed by atoms with E-state index >= 15 is 0 Å². The van der Waals surface area contributed by atoms with E-state index < -0.39 is 27.3 Å². The van der Waals surface area contributed by atoms with Crippen LogP contribution in [-0.4, -0.2) is 32.3 Å². The molecule has 2 aromatic rings. The second-order valence-corrected chi connectivity index (χ2v) is 9.25. The van der Waals surface area contributed by atoms with Gasteiger partial charge in [-0.15, -0.1) is 0 Å². The van der Waals surface area contributed by atoms with Crippen LogP contribution in [0.1, 0.15) is 36.7 Å². The molecule has 0 aliphatic rings. The van der Waals surface area contributed by atoms with E-state index in [4.69, 9.17) is 0 Å². The maximum absolute atomic E-state index is 13.0. The summed E-state index contributed by atoms with van der Waals surface area (Å²) in [5, 5.41) is 5.21. The van der Waals surface area contributed by atoms with Gasteiger partial charge in [0.15, 0.2) is 0 Å². The van der Waals surface area contributed by atoms with Gasteiger partial charge < -0.3 is 10.6 Å². The van der Waals surface area contributed by atoms with Crippen molar-refractivity contribution >= 4 is 27.5 Å². The Bertz CT molecular complexity index is 1010. The zero-order chi connectivity index (χ0) is 21.8. The number of anilines is 1. The molecule has 0 aliphatic heterocycles. The number of nitrogens with one attached hydrogen (secondary N) is 3. The highest BCUT2D eigenvalue weighted by Crippen LogP contribution is 2.19. The minimum atomic E-state index is -3.99. The van der Waals surface area contributed by atoms with E-state index in [1.165, 1.54) is 30.3 Å². The fraction of sp³-hybridized carbons (Fsp3) is 0.300. The molecule has 0 fully saturated rings. The number of sulfonamides is 1. The third-order valence-corrected chi connectivity index (χ3v) is 5.16. The van der Waals surface area contributed by atoms with Gasteiger partial charge in [0.1, 0.15) is 5.82 Å². The smallest absolute Gasteiger partial charge is 0.261 e. The lowest BCUT2D eigenvalue weighted by Crippen LogP contribution is -2.45. The second kappa shape index (κ2) is 8.60. The highest BCUT2D eigenvalue weighted by Gasteiger charge is 2.19. The van der Waals surface area contributed by atoms with E-state index in [0.717, 1.165) is 12.1 Å². The van der Waals surface area contributed by atoms with Gasteiger partial charge in [-0.05, 0) is 69.7 Å². The number of benzene rings is 2. The summed E-state index contributed by atoms with van der Waals surface area (Å²) in [4.78, 5) is 24.2. The van der Waals surface area contributed by atoms with Crippen molar-refractivity contribution in [3.8, 4) is 0 Å². The Morgan fingerprint density at radius 3 is 2.24 bits per heavy atom. The molecule has 2 amide bonds. The Hall–Kier alpha value is -2.94. The Morgan fingerprint density at radius 2 is 1.66 bits per heavy atom. The van der Waals surface area contributed by atoms with Crippen molar-refractivity contribution in [1.82, 2.24) is 10.6 Å². The van der Waals surface area contributed by atoms with Crippen LogP contribution in [0.2, 0.25) is 0 Å². The van der Waals surface area contributed by atoms with Gasteiger partial charge in [0.2, 0.25) is 5.91 Å². The summed E-state index contributed by atoms with van der Waals surface area (Å²) in [5.74, 6) is -1.41. The predicted molar refractivity (Wildman–Crippen MR) is 109 cm³/mol. The first-order chi connectivity index (χ1) is 13.4. The van der Waals surface area contributed by atoms with E-state index in [-0.39, 0.29) is 28.6 Å². The molecule has 29 heavy (non-hydrogen) atoms. The number of aryl methyl sites for hydroxylation is 1. The largest absolute Gasteiger partial charge is 0.350 e. The number of hydrogen-bond acceptors (Lipinski definition) is 4. The third-order valence-electron chi connectivity index (χ3n) is 3.78. The standard InChI is InChI=1S/C20H24FN3O4S/c1-13-5-10-16(29(27,28)24-15-8-6-14(21)7-9-15)11-17(13)19(26)22-12-18(25)23-20(2,3)4/h5-11,24H,12H2,1-4H3,(H,22,26)(H,23,25). The Kier molecular flexibility index (Phi) is 6.63. The fourth-order valence-electron chi connectivity index (χ4n) is 2.46. The number of amides is 2. The highest BCUT2D eigenvalue weighted by atomic mass is 32.2. The SMILES string of the molecule is Cc1ccc(S(=O)(=O)Nc2ccc(F)cc2)cc1C(=O)NCC(=O)NC(C)(C)C. The zero-order valence-corrected chi connectivity index (χ0v) is 17.5. The molecule has 0 unspecified atom stereocenters. The monoisotopic (exact) mass is 421 g/mol. The van der Waals surface area contributed by atoms with Crippen molar-refractivity contribution in [2.24, 2.45) is 0 Å². The Morgan fingerprint density at radius 1 is 1.03 bits per heavy atom. The summed E-state index contributed by atoms with van der Waals surface area (Å²) < 4.78 is 40.5. The van der Waals surface area contributed by atoms with Gasteiger partial charge in [-0.25, -0.2) is 12.8 Å². The number of rotatable bonds is 6. The van der Waals surface area contributed by atoms with Crippen LogP contribution in [0.15, 0.2) is 47.4 Å². The van der Waals surface area contributed by atoms with Gasteiger partial charge in [0.25, 0.3) is 15.9 Å². The molecule has 9 heteroatoms. The second-order valence-electron chi connectivity index (χ2n) is 7.57. The molecule has 7 nitrogen and oxygen atoms in total. The molecule has 0 aliphatic carbocycles. The molecule has 0 atom stereocenters. The average molecular weight is 421 g/mol. The van der Waals surface area contributed by atoms with Crippen LogP contribution in [0.25, 0.3) is 0 Å². The van der Waals surface area contributed by atoms with Gasteiger partial charge in [-0.2, -0.15) is 0 Å². The average Bonchev–Trinajstić information content (AvgIpc) is 2.60. The molecule has 0 heterocycles. The minimum Gasteiger partial charge on any atom is -0.350 e. The van der Waals surface area contributed by atoms with Crippen LogP contribution in [0.5, 0.6) is 0 Å². The van der Waals surface area contributed by atoms with Gasteiger partial charge in [-0.1, -0.05) is 6.07 Å². The molecule has 0 radical (unpaired) electrons. The summed E-state index contributed by atoms with van der Waals surface area (Å²) in [6.45, 7) is 6.88. The third kappa shape index (κ3) is 6.56. The van der Waals surface area contributed by atoms with Crippen molar-refractivity contribution in [1.29, 1.82) is 0 Å². The van der Waals surface area contributed by atoms with Crippen LogP contribution in [-0.2, 0) is 14.8 Å². The van der Waals surface area contributed by atoms with Gasteiger partial charge in [0, 0.05) is 16.8 Å². The molecule has 3 N–H and O–H groups in total. The molecule has 0 aromatic heterocycles. The lowest BCUT2D eigenvalue weighted by atomic mass is 10.1. The lowest BCUT2D eigenvalue weighted by molar-refractivity contribution is -0.121. The lowest BCUT2D eigenvalue weighted by Gasteiger charge is -2.20. The Balaban J connectivity index is 2.16. The summed E-state index contributed by atoms with van der Waals surface area (Å²) >= 11 is 0. The number of halogens is 1. The number of hydrogen-bond donors (Lipinski definition) is 3. The zero-order valence-electron chi connectivity index (χ0n) is 16.7. The summed E-state index contributed by atoms with van der Waals surface area (Å²) in [6, 6.07) is 8.96. The molecule has 2 rings (SSSR count). The van der Waals surface area contributed by atoms with Gasteiger partial charge >= 0.3 is 0 Å². The van der Waals surface area contributed by atoms with E-state index in [0.29, 0.717) is 5.56 Å². The molecular weight excluding hydrogens is 397 g/mol. The molecule has 2 aromatic carbocycles. The molecule has 0 saturated heterocycles. The van der Waals surface area contributed by atoms with E-state index in [1.807, 2.05) is 20.8 Å². The minimum absolute atomic E-state index is 0.128. The molecular formula is C20H24FN3O4S. The first-order valence-electron chi connectivity index (χ1n) is 8.86.